The molecule has 2 atom stereocenters. The highest BCUT2D eigenvalue weighted by Crippen LogP contribution is 2.45. The molecule has 1 aromatic carbocycles. The van der Waals surface area contributed by atoms with Crippen molar-refractivity contribution in [3.05, 3.63) is 64.6 Å². The number of carbonyl (C=O) groups is 1. The average Bonchev–Trinajstić information content (AvgIpc) is 2.95. The summed E-state index contributed by atoms with van der Waals surface area (Å²) in [5.41, 5.74) is 7.14. The molecule has 0 saturated heterocycles. The SMILES string of the molecule is Cc1cc(OCc2c(F)cccc2F)c2nc(C)c(C(=O)NC3(C)CC3(C)N)n2c1. The van der Waals surface area contributed by atoms with Crippen LogP contribution < -0.4 is 15.8 Å². The molecular formula is C22H24F2N4O2. The molecule has 6 nitrogen and oxygen atoms in total. The zero-order valence-corrected chi connectivity index (χ0v) is 17.3. The van der Waals surface area contributed by atoms with Gasteiger partial charge in [0, 0.05) is 11.7 Å². The van der Waals surface area contributed by atoms with Crippen molar-refractivity contribution in [2.24, 2.45) is 5.73 Å². The highest BCUT2D eigenvalue weighted by Gasteiger charge is 2.59. The summed E-state index contributed by atoms with van der Waals surface area (Å²) in [6, 6.07) is 5.38. The Bertz CT molecular complexity index is 1150. The summed E-state index contributed by atoms with van der Waals surface area (Å²) < 4.78 is 35.3. The molecule has 30 heavy (non-hydrogen) atoms. The van der Waals surface area contributed by atoms with Gasteiger partial charge < -0.3 is 15.8 Å². The van der Waals surface area contributed by atoms with Gasteiger partial charge in [-0.3, -0.25) is 9.20 Å². The number of rotatable bonds is 5. The lowest BCUT2D eigenvalue weighted by Gasteiger charge is -2.17. The van der Waals surface area contributed by atoms with Crippen LogP contribution in [-0.2, 0) is 6.61 Å². The Balaban J connectivity index is 1.68. The second kappa shape index (κ2) is 6.77. The molecule has 1 aliphatic rings. The number of pyridine rings is 1. The van der Waals surface area contributed by atoms with Gasteiger partial charge in [-0.25, -0.2) is 13.8 Å². The van der Waals surface area contributed by atoms with E-state index in [1.165, 1.54) is 18.2 Å². The maximum atomic E-state index is 13.9. The van der Waals surface area contributed by atoms with E-state index >= 15 is 0 Å². The number of carbonyl (C=O) groups excluding carboxylic acids is 1. The Morgan fingerprint density at radius 1 is 1.30 bits per heavy atom. The molecule has 2 heterocycles. The van der Waals surface area contributed by atoms with Crippen LogP contribution in [0.3, 0.4) is 0 Å². The summed E-state index contributed by atoms with van der Waals surface area (Å²) in [5.74, 6) is -1.31. The number of nitrogens with zero attached hydrogens (tertiary/aromatic N) is 2. The summed E-state index contributed by atoms with van der Waals surface area (Å²) in [6.45, 7) is 7.08. The number of ether oxygens (including phenoxy) is 1. The van der Waals surface area contributed by atoms with Crippen LogP contribution in [-0.4, -0.2) is 26.4 Å². The molecule has 0 bridgehead atoms. The van der Waals surface area contributed by atoms with Crippen LogP contribution in [0.15, 0.2) is 30.5 Å². The van der Waals surface area contributed by atoms with Gasteiger partial charge in [-0.15, -0.1) is 0 Å². The van der Waals surface area contributed by atoms with Crippen molar-refractivity contribution in [1.82, 2.24) is 14.7 Å². The molecule has 0 aliphatic heterocycles. The molecule has 1 aliphatic carbocycles. The minimum Gasteiger partial charge on any atom is -0.485 e. The Hall–Kier alpha value is -3.00. The van der Waals surface area contributed by atoms with Crippen LogP contribution in [0.2, 0.25) is 0 Å². The van der Waals surface area contributed by atoms with Gasteiger partial charge in [-0.2, -0.15) is 0 Å². The fourth-order valence-corrected chi connectivity index (χ4v) is 3.74. The van der Waals surface area contributed by atoms with Crippen molar-refractivity contribution < 1.29 is 18.3 Å². The highest BCUT2D eigenvalue weighted by atomic mass is 19.1. The first-order valence-corrected chi connectivity index (χ1v) is 9.69. The van der Waals surface area contributed by atoms with Gasteiger partial charge >= 0.3 is 0 Å². The maximum absolute atomic E-state index is 13.9. The van der Waals surface area contributed by atoms with Crippen LogP contribution in [0.25, 0.3) is 5.65 Å². The molecular weight excluding hydrogens is 390 g/mol. The number of nitrogens with one attached hydrogen (secondary N) is 1. The first-order valence-electron chi connectivity index (χ1n) is 9.69. The molecule has 3 N–H and O–H groups in total. The highest BCUT2D eigenvalue weighted by molar-refractivity contribution is 5.96. The normalized spacial score (nSPS) is 22.9. The molecule has 1 fully saturated rings. The molecule has 2 unspecified atom stereocenters. The van der Waals surface area contributed by atoms with Crippen LogP contribution in [0.4, 0.5) is 8.78 Å². The lowest BCUT2D eigenvalue weighted by molar-refractivity contribution is 0.0923. The number of amides is 1. The fraction of sp³-hybridized carbons (Fsp3) is 0.364. The largest absolute Gasteiger partial charge is 0.485 e. The molecule has 0 spiro atoms. The summed E-state index contributed by atoms with van der Waals surface area (Å²) in [6.07, 6.45) is 2.46. The monoisotopic (exact) mass is 414 g/mol. The van der Waals surface area contributed by atoms with Crippen molar-refractivity contribution in [3.63, 3.8) is 0 Å². The van der Waals surface area contributed by atoms with Crippen LogP contribution >= 0.6 is 0 Å². The van der Waals surface area contributed by atoms with Crippen molar-refractivity contribution in [2.45, 2.75) is 51.8 Å². The van der Waals surface area contributed by atoms with Crippen LogP contribution in [0, 0.1) is 25.5 Å². The van der Waals surface area contributed by atoms with Crippen LogP contribution in [0.5, 0.6) is 5.75 Å². The number of benzene rings is 1. The number of halogens is 2. The van der Waals surface area contributed by atoms with Gasteiger partial charge in [0.15, 0.2) is 11.4 Å². The standard InChI is InChI=1S/C22H24F2N4O2/c1-12-8-17(30-10-14-15(23)6-5-7-16(14)24)19-26-13(2)18(28(19)9-12)20(29)27-22(4)11-21(22,3)25/h5-9H,10-11,25H2,1-4H3,(H,27,29). The fourth-order valence-electron chi connectivity index (χ4n) is 3.74. The molecule has 3 aromatic rings. The quantitative estimate of drug-likeness (QED) is 0.670. The number of aryl methyl sites for hydroxylation is 2. The second-order valence-corrected chi connectivity index (χ2v) is 8.49. The van der Waals surface area contributed by atoms with E-state index in [9.17, 15) is 13.6 Å². The lowest BCUT2D eigenvalue weighted by atomic mass is 10.2. The molecule has 2 aromatic heterocycles. The number of nitrogens with two attached hydrogens (primary N) is 1. The Kier molecular flexibility index (Phi) is 4.58. The molecule has 4 rings (SSSR count). The molecule has 158 valence electrons. The summed E-state index contributed by atoms with van der Waals surface area (Å²) >= 11 is 0. The van der Waals surface area contributed by atoms with Crippen molar-refractivity contribution in [3.8, 4) is 5.75 Å². The van der Waals surface area contributed by atoms with Crippen molar-refractivity contribution >= 4 is 11.6 Å². The zero-order chi connectivity index (χ0) is 21.8. The van der Waals surface area contributed by atoms with E-state index in [0.717, 1.165) is 5.56 Å². The molecule has 1 amide bonds. The predicted octanol–water partition coefficient (Wildman–Crippen LogP) is 3.42. The smallest absolute Gasteiger partial charge is 0.270 e. The summed E-state index contributed by atoms with van der Waals surface area (Å²) in [4.78, 5) is 17.5. The third-order valence-corrected chi connectivity index (χ3v) is 5.89. The average molecular weight is 414 g/mol. The lowest BCUT2D eigenvalue weighted by Crippen LogP contribution is -2.44. The summed E-state index contributed by atoms with van der Waals surface area (Å²) in [5, 5.41) is 3.00. The van der Waals surface area contributed by atoms with E-state index in [1.54, 1.807) is 23.6 Å². The van der Waals surface area contributed by atoms with E-state index in [-0.39, 0.29) is 18.1 Å². The second-order valence-electron chi connectivity index (χ2n) is 8.49. The number of imidazole rings is 1. The Morgan fingerprint density at radius 3 is 2.53 bits per heavy atom. The predicted molar refractivity (Wildman–Crippen MR) is 108 cm³/mol. The maximum Gasteiger partial charge on any atom is 0.270 e. The minimum atomic E-state index is -0.680. The van der Waals surface area contributed by atoms with Crippen molar-refractivity contribution in [1.29, 1.82) is 0 Å². The van der Waals surface area contributed by atoms with E-state index in [0.29, 0.717) is 29.2 Å². The summed E-state index contributed by atoms with van der Waals surface area (Å²) in [7, 11) is 0. The Morgan fingerprint density at radius 2 is 1.93 bits per heavy atom. The number of hydrogen-bond acceptors (Lipinski definition) is 4. The van der Waals surface area contributed by atoms with Gasteiger partial charge in [-0.05, 0) is 57.9 Å². The van der Waals surface area contributed by atoms with Gasteiger partial charge in [0.1, 0.15) is 23.9 Å². The van der Waals surface area contributed by atoms with Gasteiger partial charge in [0.05, 0.1) is 16.8 Å². The van der Waals surface area contributed by atoms with Gasteiger partial charge in [0.2, 0.25) is 0 Å². The molecule has 0 radical (unpaired) electrons. The van der Waals surface area contributed by atoms with E-state index in [1.807, 2.05) is 20.8 Å². The molecule has 1 saturated carbocycles. The third-order valence-electron chi connectivity index (χ3n) is 5.89. The van der Waals surface area contributed by atoms with Gasteiger partial charge in [-0.1, -0.05) is 6.07 Å². The van der Waals surface area contributed by atoms with Crippen molar-refractivity contribution in [2.75, 3.05) is 0 Å². The zero-order valence-electron chi connectivity index (χ0n) is 17.3. The number of hydrogen-bond donors (Lipinski definition) is 2. The Labute approximate surface area is 173 Å². The molecule has 8 heteroatoms. The van der Waals surface area contributed by atoms with Crippen LogP contribution in [0.1, 0.15) is 47.6 Å². The van der Waals surface area contributed by atoms with E-state index in [4.69, 9.17) is 10.5 Å². The third kappa shape index (κ3) is 3.31. The topological polar surface area (TPSA) is 81.6 Å². The van der Waals surface area contributed by atoms with Gasteiger partial charge in [0.25, 0.3) is 5.91 Å². The first-order chi connectivity index (χ1) is 14.0. The first kappa shape index (κ1) is 20.3. The number of aromatic nitrogens is 2. The number of fused-ring (bicyclic) bond motifs is 1. The van der Waals surface area contributed by atoms with E-state index < -0.39 is 22.7 Å². The van der Waals surface area contributed by atoms with E-state index in [2.05, 4.69) is 10.3 Å². The minimum absolute atomic E-state index is 0.165.